The van der Waals surface area contributed by atoms with Gasteiger partial charge in [0.25, 0.3) is 0 Å². The van der Waals surface area contributed by atoms with Gasteiger partial charge in [-0.05, 0) is 23.5 Å². The molecule has 6 heteroatoms. The van der Waals surface area contributed by atoms with Crippen LogP contribution in [0.2, 0.25) is 0 Å². The molecule has 2 fully saturated rings. The summed E-state index contributed by atoms with van der Waals surface area (Å²) in [4.78, 5) is 11.7. The largest absolute Gasteiger partial charge is 0.352 e. The summed E-state index contributed by atoms with van der Waals surface area (Å²) in [6.45, 7) is 1.89. The van der Waals surface area contributed by atoms with Gasteiger partial charge in [0, 0.05) is 25.2 Å². The van der Waals surface area contributed by atoms with Gasteiger partial charge in [-0.2, -0.15) is 0 Å². The van der Waals surface area contributed by atoms with E-state index in [1.807, 2.05) is 0 Å². The van der Waals surface area contributed by atoms with Crippen molar-refractivity contribution in [2.45, 2.75) is 12.5 Å². The lowest BCUT2D eigenvalue weighted by molar-refractivity contribution is -0.120. The zero-order valence-corrected chi connectivity index (χ0v) is 11.0. The molecule has 3 rings (SSSR count). The molecule has 0 spiro atoms. The molecule has 0 bridgehead atoms. The first-order chi connectivity index (χ1) is 8.65. The fraction of sp³-hybridized carbons (Fsp3) is 0.462. The Balaban J connectivity index is 0.00000133. The van der Waals surface area contributed by atoms with Crippen LogP contribution in [0.25, 0.3) is 0 Å². The number of amides is 1. The van der Waals surface area contributed by atoms with Gasteiger partial charge in [0.15, 0.2) is 0 Å². The van der Waals surface area contributed by atoms with Gasteiger partial charge >= 0.3 is 0 Å². The van der Waals surface area contributed by atoms with Crippen molar-refractivity contribution in [1.82, 2.24) is 10.6 Å². The first kappa shape index (κ1) is 14.2. The molecule has 1 aromatic rings. The molecule has 2 unspecified atom stereocenters. The van der Waals surface area contributed by atoms with Crippen LogP contribution >= 0.6 is 12.4 Å². The van der Waals surface area contributed by atoms with Crippen molar-refractivity contribution >= 4 is 18.3 Å². The Hall–Kier alpha value is -1.20. The number of fused-ring (bicyclic) bond motifs is 1. The number of piperidine rings is 1. The first-order valence-electron chi connectivity index (χ1n) is 6.09. The number of carbonyl (C=O) groups is 1. The number of benzene rings is 1. The monoisotopic (exact) mass is 288 g/mol. The van der Waals surface area contributed by atoms with Crippen LogP contribution < -0.4 is 10.6 Å². The van der Waals surface area contributed by atoms with Crippen molar-refractivity contribution in [3.63, 3.8) is 0 Å². The standard InChI is InChI=1S/C13H14F2N2O.ClH/c14-8-2-1-7(11(15)4-8)3-12(18)17-13-9-5-16-6-10(9)13;/h1-2,4,9-10,13,16H,3,5-6H2,(H,17,18);1H. The van der Waals surface area contributed by atoms with E-state index >= 15 is 0 Å². The van der Waals surface area contributed by atoms with Crippen molar-refractivity contribution in [3.05, 3.63) is 35.4 Å². The Kier molecular flexibility index (Phi) is 4.06. The van der Waals surface area contributed by atoms with E-state index < -0.39 is 11.6 Å². The van der Waals surface area contributed by atoms with Gasteiger partial charge in [0.1, 0.15) is 11.6 Å². The molecule has 3 nitrogen and oxygen atoms in total. The minimum absolute atomic E-state index is 0. The second-order valence-corrected chi connectivity index (χ2v) is 4.99. The molecule has 2 atom stereocenters. The SMILES string of the molecule is Cl.O=C(Cc1ccc(F)cc1F)NC1C2CNCC21. The molecule has 0 aromatic heterocycles. The highest BCUT2D eigenvalue weighted by Crippen LogP contribution is 2.41. The molecule has 2 aliphatic rings. The Morgan fingerprint density at radius 2 is 2.00 bits per heavy atom. The third-order valence-corrected chi connectivity index (χ3v) is 3.79. The molecule has 1 heterocycles. The predicted molar refractivity (Wildman–Crippen MR) is 69.1 cm³/mol. The molecule has 19 heavy (non-hydrogen) atoms. The van der Waals surface area contributed by atoms with Crippen LogP contribution in [0, 0.1) is 23.5 Å². The fourth-order valence-corrected chi connectivity index (χ4v) is 2.71. The molecule has 104 valence electrons. The average molecular weight is 289 g/mol. The number of carbonyl (C=O) groups excluding carboxylic acids is 1. The van der Waals surface area contributed by atoms with E-state index in [1.165, 1.54) is 12.1 Å². The van der Waals surface area contributed by atoms with Crippen LogP contribution in [-0.4, -0.2) is 25.0 Å². The highest BCUT2D eigenvalue weighted by atomic mass is 35.5. The number of nitrogens with one attached hydrogen (secondary N) is 2. The van der Waals surface area contributed by atoms with Gasteiger partial charge in [-0.15, -0.1) is 12.4 Å². The molecular formula is C13H15ClF2N2O. The summed E-state index contributed by atoms with van der Waals surface area (Å²) in [6.07, 6.45) is -0.0323. The summed E-state index contributed by atoms with van der Waals surface area (Å²) < 4.78 is 26.1. The third-order valence-electron chi connectivity index (χ3n) is 3.79. The minimum atomic E-state index is -0.664. The molecule has 0 radical (unpaired) electrons. The van der Waals surface area contributed by atoms with Crippen LogP contribution in [0.1, 0.15) is 5.56 Å². The summed E-state index contributed by atoms with van der Waals surface area (Å²) in [5, 5.41) is 6.14. The number of hydrogen-bond donors (Lipinski definition) is 2. The lowest BCUT2D eigenvalue weighted by Crippen LogP contribution is -2.33. The normalized spacial score (nSPS) is 27.4. The van der Waals surface area contributed by atoms with Crippen LogP contribution in [0.5, 0.6) is 0 Å². The highest BCUT2D eigenvalue weighted by Gasteiger charge is 2.53. The molecule has 1 amide bonds. The summed E-state index contributed by atoms with van der Waals surface area (Å²) in [5.74, 6) is -0.416. The van der Waals surface area contributed by atoms with Crippen molar-refractivity contribution in [3.8, 4) is 0 Å². The van der Waals surface area contributed by atoms with Crippen molar-refractivity contribution in [2.75, 3.05) is 13.1 Å². The molecule has 1 saturated carbocycles. The Labute approximate surface area is 116 Å². The number of halogens is 3. The van der Waals surface area contributed by atoms with Crippen LogP contribution in [0.15, 0.2) is 18.2 Å². The minimum Gasteiger partial charge on any atom is -0.352 e. The summed E-state index contributed by atoms with van der Waals surface area (Å²) in [7, 11) is 0. The zero-order valence-electron chi connectivity index (χ0n) is 10.2. The first-order valence-corrected chi connectivity index (χ1v) is 6.09. The smallest absolute Gasteiger partial charge is 0.224 e. The maximum absolute atomic E-state index is 13.4. The summed E-state index contributed by atoms with van der Waals surface area (Å²) in [5.41, 5.74) is 0.234. The van der Waals surface area contributed by atoms with Crippen LogP contribution in [-0.2, 0) is 11.2 Å². The lowest BCUT2D eigenvalue weighted by atomic mass is 10.1. The molecular weight excluding hydrogens is 274 g/mol. The molecule has 1 aromatic carbocycles. The van der Waals surface area contributed by atoms with Gasteiger partial charge in [0.05, 0.1) is 6.42 Å². The predicted octanol–water partition coefficient (Wildman–Crippen LogP) is 1.26. The van der Waals surface area contributed by atoms with Crippen molar-refractivity contribution in [1.29, 1.82) is 0 Å². The zero-order chi connectivity index (χ0) is 12.7. The highest BCUT2D eigenvalue weighted by molar-refractivity contribution is 5.85. The van der Waals surface area contributed by atoms with Gasteiger partial charge in [0.2, 0.25) is 5.91 Å². The van der Waals surface area contributed by atoms with Crippen molar-refractivity contribution in [2.24, 2.45) is 11.8 Å². The summed E-state index contributed by atoms with van der Waals surface area (Å²) >= 11 is 0. The van der Waals surface area contributed by atoms with E-state index in [1.54, 1.807) is 0 Å². The fourth-order valence-electron chi connectivity index (χ4n) is 2.71. The second kappa shape index (κ2) is 5.43. The molecule has 1 saturated heterocycles. The van der Waals surface area contributed by atoms with E-state index in [9.17, 15) is 13.6 Å². The lowest BCUT2D eigenvalue weighted by Gasteiger charge is -2.08. The van der Waals surface area contributed by atoms with Crippen molar-refractivity contribution < 1.29 is 13.6 Å². The van der Waals surface area contributed by atoms with E-state index in [0.29, 0.717) is 11.8 Å². The average Bonchev–Trinajstić information content (AvgIpc) is 2.75. The van der Waals surface area contributed by atoms with E-state index in [-0.39, 0.29) is 36.3 Å². The Bertz CT molecular complexity index is 488. The third kappa shape index (κ3) is 2.87. The van der Waals surface area contributed by atoms with Crippen LogP contribution in [0.3, 0.4) is 0 Å². The summed E-state index contributed by atoms with van der Waals surface area (Å²) in [6, 6.07) is 3.53. The van der Waals surface area contributed by atoms with Gasteiger partial charge < -0.3 is 10.6 Å². The topological polar surface area (TPSA) is 41.1 Å². The molecule has 2 N–H and O–H groups in total. The maximum Gasteiger partial charge on any atom is 0.224 e. The maximum atomic E-state index is 13.4. The number of hydrogen-bond acceptors (Lipinski definition) is 2. The van der Waals surface area contributed by atoms with E-state index in [0.717, 1.165) is 19.2 Å². The van der Waals surface area contributed by atoms with Gasteiger partial charge in [-0.25, -0.2) is 8.78 Å². The molecule has 1 aliphatic heterocycles. The van der Waals surface area contributed by atoms with Gasteiger partial charge in [-0.3, -0.25) is 4.79 Å². The van der Waals surface area contributed by atoms with Gasteiger partial charge in [-0.1, -0.05) is 6.07 Å². The molecule has 1 aliphatic carbocycles. The Morgan fingerprint density at radius 3 is 2.63 bits per heavy atom. The van der Waals surface area contributed by atoms with E-state index in [2.05, 4.69) is 10.6 Å². The number of rotatable bonds is 3. The van der Waals surface area contributed by atoms with Crippen LogP contribution in [0.4, 0.5) is 8.78 Å². The Morgan fingerprint density at radius 1 is 1.32 bits per heavy atom. The van der Waals surface area contributed by atoms with E-state index in [4.69, 9.17) is 0 Å². The second-order valence-electron chi connectivity index (χ2n) is 4.99. The quantitative estimate of drug-likeness (QED) is 0.879.